The van der Waals surface area contributed by atoms with Crippen molar-refractivity contribution in [2.75, 3.05) is 0 Å². The number of carbonyl (C=O) groups is 2. The van der Waals surface area contributed by atoms with Gasteiger partial charge in [-0.2, -0.15) is 13.2 Å². The van der Waals surface area contributed by atoms with Gasteiger partial charge in [-0.3, -0.25) is 4.79 Å². The minimum absolute atomic E-state index is 0.430. The standard InChI is InChI=1S/C8H7N3O.C2HF3O2/c9-8(12)6-1-3-11-4-2-10-7(11)5-6;3-2(4,5)1(6)7/h1-5H,(H2,9,12);(H,6,7). The molecule has 102 valence electrons. The number of carbonyl (C=O) groups excluding carboxylic acids is 1. The summed E-state index contributed by atoms with van der Waals surface area (Å²) in [5, 5.41) is 7.12. The van der Waals surface area contributed by atoms with Gasteiger partial charge in [0.15, 0.2) is 0 Å². The van der Waals surface area contributed by atoms with Gasteiger partial charge < -0.3 is 15.2 Å². The predicted octanol–water partition coefficient (Wildman–Crippen LogP) is 1.07. The van der Waals surface area contributed by atoms with Gasteiger partial charge in [0, 0.05) is 24.2 Å². The number of aliphatic carboxylic acids is 1. The Kier molecular flexibility index (Phi) is 4.10. The number of pyridine rings is 1. The normalized spacial score (nSPS) is 10.7. The monoisotopic (exact) mass is 275 g/mol. The van der Waals surface area contributed by atoms with Crippen LogP contribution in [0.3, 0.4) is 0 Å². The fraction of sp³-hybridized carbons (Fsp3) is 0.100. The first-order valence-electron chi connectivity index (χ1n) is 4.74. The third kappa shape index (κ3) is 3.98. The van der Waals surface area contributed by atoms with Crippen LogP contribution in [-0.2, 0) is 4.79 Å². The second-order valence-electron chi connectivity index (χ2n) is 3.28. The summed E-state index contributed by atoms with van der Waals surface area (Å²) in [5.74, 6) is -3.19. The zero-order chi connectivity index (χ0) is 14.6. The van der Waals surface area contributed by atoms with Gasteiger partial charge in [-0.1, -0.05) is 0 Å². The number of hydrogen-bond acceptors (Lipinski definition) is 3. The highest BCUT2D eigenvalue weighted by atomic mass is 19.4. The van der Waals surface area contributed by atoms with Gasteiger partial charge in [0.25, 0.3) is 0 Å². The molecule has 0 bridgehead atoms. The molecule has 0 spiro atoms. The number of nitrogens with two attached hydrogens (primary N) is 1. The first-order valence-corrected chi connectivity index (χ1v) is 4.74. The Morgan fingerprint density at radius 3 is 2.37 bits per heavy atom. The number of aromatic nitrogens is 2. The fourth-order valence-corrected chi connectivity index (χ4v) is 1.06. The molecule has 0 radical (unpaired) electrons. The van der Waals surface area contributed by atoms with Gasteiger partial charge in [-0.15, -0.1) is 0 Å². The van der Waals surface area contributed by atoms with Gasteiger partial charge >= 0.3 is 12.1 Å². The van der Waals surface area contributed by atoms with Crippen molar-refractivity contribution in [3.63, 3.8) is 0 Å². The molecule has 0 saturated heterocycles. The zero-order valence-corrected chi connectivity index (χ0v) is 9.26. The van der Waals surface area contributed by atoms with Crippen LogP contribution >= 0.6 is 0 Å². The molecule has 2 rings (SSSR count). The number of halogens is 3. The van der Waals surface area contributed by atoms with E-state index < -0.39 is 18.1 Å². The van der Waals surface area contributed by atoms with Crippen molar-refractivity contribution in [1.82, 2.24) is 9.38 Å². The average molecular weight is 275 g/mol. The highest BCUT2D eigenvalue weighted by Crippen LogP contribution is 2.13. The van der Waals surface area contributed by atoms with Crippen molar-refractivity contribution < 1.29 is 27.9 Å². The summed E-state index contributed by atoms with van der Waals surface area (Å²) in [7, 11) is 0. The molecular formula is C10H8F3N3O3. The molecule has 2 aromatic rings. The molecule has 0 aromatic carbocycles. The highest BCUT2D eigenvalue weighted by molar-refractivity contribution is 5.93. The molecule has 19 heavy (non-hydrogen) atoms. The third-order valence-electron chi connectivity index (χ3n) is 1.92. The van der Waals surface area contributed by atoms with Crippen LogP contribution in [0.25, 0.3) is 5.65 Å². The van der Waals surface area contributed by atoms with Crippen LogP contribution in [0.15, 0.2) is 30.7 Å². The lowest BCUT2D eigenvalue weighted by atomic mass is 10.2. The van der Waals surface area contributed by atoms with Crippen LogP contribution in [-0.4, -0.2) is 32.5 Å². The summed E-state index contributed by atoms with van der Waals surface area (Å²) in [5.41, 5.74) is 6.31. The van der Waals surface area contributed by atoms with Crippen LogP contribution in [0.1, 0.15) is 10.4 Å². The van der Waals surface area contributed by atoms with E-state index in [4.69, 9.17) is 15.6 Å². The van der Waals surface area contributed by atoms with E-state index in [9.17, 15) is 18.0 Å². The molecule has 6 nitrogen and oxygen atoms in total. The number of nitrogens with zero attached hydrogens (tertiary/aromatic N) is 2. The summed E-state index contributed by atoms with van der Waals surface area (Å²) >= 11 is 0. The Morgan fingerprint density at radius 2 is 1.89 bits per heavy atom. The quantitative estimate of drug-likeness (QED) is 0.813. The summed E-state index contributed by atoms with van der Waals surface area (Å²) in [6.45, 7) is 0. The summed E-state index contributed by atoms with van der Waals surface area (Å²) in [6.07, 6.45) is 0.142. The predicted molar refractivity (Wildman–Crippen MR) is 57.4 cm³/mol. The molecule has 1 amide bonds. The molecule has 3 N–H and O–H groups in total. The first-order chi connectivity index (χ1) is 8.71. The van der Waals surface area contributed by atoms with E-state index in [1.165, 1.54) is 0 Å². The van der Waals surface area contributed by atoms with Crippen LogP contribution in [0.2, 0.25) is 0 Å². The number of carboxylic acid groups (broad SMARTS) is 1. The highest BCUT2D eigenvalue weighted by Gasteiger charge is 2.38. The number of imidazole rings is 1. The maximum atomic E-state index is 10.8. The van der Waals surface area contributed by atoms with Gasteiger partial charge in [0.2, 0.25) is 5.91 Å². The molecule has 0 aliphatic heterocycles. The van der Waals surface area contributed by atoms with Gasteiger partial charge in [-0.05, 0) is 12.1 Å². The molecule has 0 saturated carbocycles. The molecule has 0 unspecified atom stereocenters. The van der Waals surface area contributed by atoms with Crippen molar-refractivity contribution in [2.45, 2.75) is 6.18 Å². The minimum Gasteiger partial charge on any atom is -0.475 e. The smallest absolute Gasteiger partial charge is 0.475 e. The Morgan fingerprint density at radius 1 is 1.32 bits per heavy atom. The van der Waals surface area contributed by atoms with E-state index in [0.717, 1.165) is 5.65 Å². The lowest BCUT2D eigenvalue weighted by Crippen LogP contribution is -2.21. The molecule has 0 fully saturated rings. The maximum Gasteiger partial charge on any atom is 0.490 e. The number of primary amides is 1. The Labute approximate surface area is 104 Å². The molecule has 2 heterocycles. The van der Waals surface area contributed by atoms with E-state index in [1.54, 1.807) is 30.7 Å². The van der Waals surface area contributed by atoms with Crippen LogP contribution in [0, 0.1) is 0 Å². The lowest BCUT2D eigenvalue weighted by molar-refractivity contribution is -0.192. The largest absolute Gasteiger partial charge is 0.490 e. The lowest BCUT2D eigenvalue weighted by Gasteiger charge is -1.95. The minimum atomic E-state index is -5.08. The maximum absolute atomic E-state index is 10.8. The molecule has 0 aliphatic rings. The fourth-order valence-electron chi connectivity index (χ4n) is 1.06. The first kappa shape index (κ1) is 14.5. The van der Waals surface area contributed by atoms with Crippen molar-refractivity contribution in [2.24, 2.45) is 5.73 Å². The van der Waals surface area contributed by atoms with Gasteiger partial charge in [0.05, 0.1) is 0 Å². The molecule has 9 heteroatoms. The molecule has 0 atom stereocenters. The van der Waals surface area contributed by atoms with E-state index in [2.05, 4.69) is 4.98 Å². The topological polar surface area (TPSA) is 97.7 Å². The van der Waals surface area contributed by atoms with Crippen LogP contribution in [0.4, 0.5) is 13.2 Å². The number of amides is 1. The van der Waals surface area contributed by atoms with Gasteiger partial charge in [0.1, 0.15) is 5.65 Å². The number of carboxylic acids is 1. The molecule has 0 aliphatic carbocycles. The Bertz CT molecular complexity index is 607. The molecule has 2 aromatic heterocycles. The Hall–Kier alpha value is -2.58. The second-order valence-corrected chi connectivity index (χ2v) is 3.28. The summed E-state index contributed by atoms with van der Waals surface area (Å²) < 4.78 is 33.5. The van der Waals surface area contributed by atoms with Crippen LogP contribution in [0.5, 0.6) is 0 Å². The average Bonchev–Trinajstić information content (AvgIpc) is 2.74. The second kappa shape index (κ2) is 5.38. The van der Waals surface area contributed by atoms with Crippen molar-refractivity contribution in [3.05, 3.63) is 36.3 Å². The summed E-state index contributed by atoms with van der Waals surface area (Å²) in [4.78, 5) is 23.7. The van der Waals surface area contributed by atoms with E-state index in [1.807, 2.05) is 4.40 Å². The number of alkyl halides is 3. The van der Waals surface area contributed by atoms with Crippen molar-refractivity contribution in [3.8, 4) is 0 Å². The number of rotatable bonds is 1. The summed E-state index contributed by atoms with van der Waals surface area (Å²) in [6, 6.07) is 3.32. The number of hydrogen-bond donors (Lipinski definition) is 2. The van der Waals surface area contributed by atoms with E-state index in [0.29, 0.717) is 5.56 Å². The Balaban J connectivity index is 0.000000224. The van der Waals surface area contributed by atoms with Crippen molar-refractivity contribution in [1.29, 1.82) is 0 Å². The third-order valence-corrected chi connectivity index (χ3v) is 1.92. The van der Waals surface area contributed by atoms with Gasteiger partial charge in [-0.25, -0.2) is 9.78 Å². The van der Waals surface area contributed by atoms with E-state index in [-0.39, 0.29) is 0 Å². The zero-order valence-electron chi connectivity index (χ0n) is 9.26. The SMILES string of the molecule is NC(=O)c1ccn2ccnc2c1.O=C(O)C(F)(F)F. The number of fused-ring (bicyclic) bond motifs is 1. The van der Waals surface area contributed by atoms with Crippen LogP contribution < -0.4 is 5.73 Å². The van der Waals surface area contributed by atoms with Crippen molar-refractivity contribution >= 4 is 17.5 Å². The molecular weight excluding hydrogens is 267 g/mol. The van der Waals surface area contributed by atoms with E-state index >= 15 is 0 Å².